The summed E-state index contributed by atoms with van der Waals surface area (Å²) in [6.07, 6.45) is 0. The Hall–Kier alpha value is -1.13. The average molecular weight is 348 g/mol. The molecule has 19 heavy (non-hydrogen) atoms. The van der Waals surface area contributed by atoms with Crippen molar-refractivity contribution in [3.05, 3.63) is 63.6 Å². The van der Waals surface area contributed by atoms with Crippen molar-refractivity contribution < 1.29 is 13.5 Å². The Labute approximate surface area is 123 Å². The summed E-state index contributed by atoms with van der Waals surface area (Å²) in [5.41, 5.74) is 0.931. The fraction of sp³-hybridized carbons (Fsp3) is 0.143. The van der Waals surface area contributed by atoms with E-state index in [4.69, 9.17) is 16.3 Å². The van der Waals surface area contributed by atoms with Gasteiger partial charge in [0.25, 0.3) is 0 Å². The van der Waals surface area contributed by atoms with Crippen LogP contribution in [0.5, 0.6) is 5.75 Å². The highest BCUT2D eigenvalue weighted by Gasteiger charge is 2.17. The van der Waals surface area contributed by atoms with Crippen LogP contribution in [0.4, 0.5) is 8.78 Å². The summed E-state index contributed by atoms with van der Waals surface area (Å²) in [5, 5.41) is -0.692. The summed E-state index contributed by atoms with van der Waals surface area (Å²) in [6.45, 7) is 0. The van der Waals surface area contributed by atoms with Crippen molar-refractivity contribution >= 4 is 27.5 Å². The van der Waals surface area contributed by atoms with Crippen molar-refractivity contribution in [2.75, 3.05) is 7.11 Å². The van der Waals surface area contributed by atoms with Crippen molar-refractivity contribution in [1.82, 2.24) is 0 Å². The first-order valence-electron chi connectivity index (χ1n) is 5.45. The maximum absolute atomic E-state index is 13.9. The van der Waals surface area contributed by atoms with Gasteiger partial charge in [0.05, 0.1) is 17.0 Å². The Kier molecular flexibility index (Phi) is 4.42. The Morgan fingerprint density at radius 3 is 2.42 bits per heavy atom. The van der Waals surface area contributed by atoms with E-state index in [1.807, 2.05) is 0 Å². The molecule has 0 aliphatic heterocycles. The number of hydrogen-bond donors (Lipinski definition) is 0. The topological polar surface area (TPSA) is 9.23 Å². The van der Waals surface area contributed by atoms with Gasteiger partial charge in [0.2, 0.25) is 0 Å². The molecule has 0 saturated heterocycles. The van der Waals surface area contributed by atoms with E-state index in [0.29, 0.717) is 21.3 Å². The van der Waals surface area contributed by atoms with Crippen LogP contribution in [-0.2, 0) is 0 Å². The lowest BCUT2D eigenvalue weighted by Gasteiger charge is -2.13. The molecule has 0 amide bonds. The quantitative estimate of drug-likeness (QED) is 0.705. The first-order valence-corrected chi connectivity index (χ1v) is 6.68. The van der Waals surface area contributed by atoms with Crippen molar-refractivity contribution in [1.29, 1.82) is 0 Å². The van der Waals surface area contributed by atoms with Gasteiger partial charge in [0.15, 0.2) is 0 Å². The smallest absolute Gasteiger partial charge is 0.137 e. The predicted molar refractivity (Wildman–Crippen MR) is 74.7 cm³/mol. The third kappa shape index (κ3) is 3.07. The highest BCUT2D eigenvalue weighted by atomic mass is 79.9. The fourth-order valence-electron chi connectivity index (χ4n) is 1.69. The third-order valence-electron chi connectivity index (χ3n) is 2.72. The van der Waals surface area contributed by atoms with Crippen molar-refractivity contribution in [3.8, 4) is 5.75 Å². The number of halogens is 4. The van der Waals surface area contributed by atoms with Gasteiger partial charge < -0.3 is 4.74 Å². The molecule has 1 unspecified atom stereocenters. The second-order valence-electron chi connectivity index (χ2n) is 3.92. The van der Waals surface area contributed by atoms with Crippen LogP contribution in [-0.4, -0.2) is 7.11 Å². The lowest BCUT2D eigenvalue weighted by molar-refractivity contribution is 0.410. The molecule has 2 aromatic carbocycles. The molecule has 2 rings (SSSR count). The van der Waals surface area contributed by atoms with Gasteiger partial charge in [-0.05, 0) is 39.7 Å². The minimum Gasteiger partial charge on any atom is -0.497 e. The van der Waals surface area contributed by atoms with E-state index in [9.17, 15) is 8.78 Å². The monoisotopic (exact) mass is 346 g/mol. The van der Waals surface area contributed by atoms with Gasteiger partial charge in [-0.1, -0.05) is 12.1 Å². The first kappa shape index (κ1) is 14.3. The molecule has 5 heteroatoms. The number of hydrogen-bond acceptors (Lipinski definition) is 1. The van der Waals surface area contributed by atoms with Gasteiger partial charge in [0.1, 0.15) is 17.4 Å². The number of alkyl halides is 1. The summed E-state index contributed by atoms with van der Waals surface area (Å²) >= 11 is 9.31. The molecule has 0 aliphatic carbocycles. The van der Waals surface area contributed by atoms with E-state index < -0.39 is 11.2 Å². The van der Waals surface area contributed by atoms with Crippen LogP contribution in [0.15, 0.2) is 40.9 Å². The van der Waals surface area contributed by atoms with E-state index in [2.05, 4.69) is 15.9 Å². The van der Waals surface area contributed by atoms with Crippen LogP contribution in [0.3, 0.4) is 0 Å². The molecule has 2 aromatic rings. The van der Waals surface area contributed by atoms with Gasteiger partial charge in [-0.15, -0.1) is 11.6 Å². The molecule has 0 radical (unpaired) electrons. The fourth-order valence-corrected chi connectivity index (χ4v) is 2.40. The predicted octanol–water partition coefficient (Wildman–Crippen LogP) is 5.06. The Morgan fingerprint density at radius 2 is 1.84 bits per heavy atom. The molecule has 0 spiro atoms. The minimum atomic E-state index is -0.692. The Balaban J connectivity index is 2.38. The number of rotatable bonds is 3. The SMILES string of the molecule is COc1ccc(C(Cl)c2ccc(F)c(Br)c2)c(F)c1. The van der Waals surface area contributed by atoms with Crippen LogP contribution in [0.1, 0.15) is 16.5 Å². The lowest BCUT2D eigenvalue weighted by Crippen LogP contribution is -1.98. The molecular weight excluding hydrogens is 338 g/mol. The van der Waals surface area contributed by atoms with E-state index in [-0.39, 0.29) is 5.82 Å². The zero-order chi connectivity index (χ0) is 14.0. The van der Waals surface area contributed by atoms with Gasteiger partial charge >= 0.3 is 0 Å². The molecular formula is C14H10BrClF2O. The van der Waals surface area contributed by atoms with Crippen molar-refractivity contribution in [2.45, 2.75) is 5.38 Å². The number of ether oxygens (including phenoxy) is 1. The molecule has 0 aliphatic rings. The molecule has 1 nitrogen and oxygen atoms in total. The summed E-state index contributed by atoms with van der Waals surface area (Å²) < 4.78 is 32.3. The van der Waals surface area contributed by atoms with Crippen LogP contribution in [0.2, 0.25) is 0 Å². The lowest BCUT2D eigenvalue weighted by atomic mass is 10.0. The summed E-state index contributed by atoms with van der Waals surface area (Å²) in [5.74, 6) is -0.423. The second kappa shape index (κ2) is 5.88. The maximum Gasteiger partial charge on any atom is 0.137 e. The van der Waals surface area contributed by atoms with E-state index in [1.165, 1.54) is 31.4 Å². The third-order valence-corrected chi connectivity index (χ3v) is 3.81. The molecule has 0 saturated carbocycles. The van der Waals surface area contributed by atoms with Crippen molar-refractivity contribution in [2.24, 2.45) is 0 Å². The van der Waals surface area contributed by atoms with Crippen LogP contribution in [0, 0.1) is 11.6 Å². The number of methoxy groups -OCH3 is 1. The van der Waals surface area contributed by atoms with Gasteiger partial charge in [-0.2, -0.15) is 0 Å². The Bertz CT molecular complexity index is 604. The highest BCUT2D eigenvalue weighted by Crippen LogP contribution is 2.33. The molecule has 100 valence electrons. The van der Waals surface area contributed by atoms with E-state index in [1.54, 1.807) is 12.1 Å². The van der Waals surface area contributed by atoms with Gasteiger partial charge in [-0.25, -0.2) is 8.78 Å². The first-order chi connectivity index (χ1) is 9.02. The molecule has 1 atom stereocenters. The normalized spacial score (nSPS) is 12.3. The van der Waals surface area contributed by atoms with Crippen LogP contribution >= 0.6 is 27.5 Å². The number of benzene rings is 2. The standard InChI is InChI=1S/C14H10BrClF2O/c1-19-9-3-4-10(13(18)7-9)14(16)8-2-5-12(17)11(15)6-8/h2-7,14H,1H3. The van der Waals surface area contributed by atoms with E-state index in [0.717, 1.165) is 0 Å². The molecule has 0 bridgehead atoms. The molecule has 0 heterocycles. The molecule has 0 fully saturated rings. The summed E-state index contributed by atoms with van der Waals surface area (Å²) in [7, 11) is 1.46. The maximum atomic E-state index is 13.9. The largest absolute Gasteiger partial charge is 0.497 e. The average Bonchev–Trinajstić information content (AvgIpc) is 2.41. The summed E-state index contributed by atoms with van der Waals surface area (Å²) in [6, 6.07) is 8.81. The molecule has 0 aromatic heterocycles. The Morgan fingerprint density at radius 1 is 1.11 bits per heavy atom. The van der Waals surface area contributed by atoms with Gasteiger partial charge in [-0.3, -0.25) is 0 Å². The van der Waals surface area contributed by atoms with Gasteiger partial charge in [0, 0.05) is 11.6 Å². The second-order valence-corrected chi connectivity index (χ2v) is 5.21. The zero-order valence-electron chi connectivity index (χ0n) is 9.96. The van der Waals surface area contributed by atoms with Crippen molar-refractivity contribution in [3.63, 3.8) is 0 Å². The minimum absolute atomic E-state index is 0.296. The highest BCUT2D eigenvalue weighted by molar-refractivity contribution is 9.10. The zero-order valence-corrected chi connectivity index (χ0v) is 12.3. The molecule has 0 N–H and O–H groups in total. The van der Waals surface area contributed by atoms with Crippen LogP contribution < -0.4 is 4.74 Å². The van der Waals surface area contributed by atoms with Crippen LogP contribution in [0.25, 0.3) is 0 Å². The summed E-state index contributed by atoms with van der Waals surface area (Å²) in [4.78, 5) is 0. The van der Waals surface area contributed by atoms with E-state index >= 15 is 0 Å².